The van der Waals surface area contributed by atoms with Crippen molar-refractivity contribution in [1.82, 2.24) is 0 Å². The summed E-state index contributed by atoms with van der Waals surface area (Å²) in [7, 11) is 0. The zero-order chi connectivity index (χ0) is 19.9. The molecule has 30 heavy (non-hydrogen) atoms. The fraction of sp³-hybridized carbons (Fsp3) is 0. The van der Waals surface area contributed by atoms with Crippen LogP contribution in [0.25, 0.3) is 54.6 Å². The Kier molecular flexibility index (Phi) is 3.89. The fourth-order valence-electron chi connectivity index (χ4n) is 4.58. The Labute approximate surface area is 176 Å². The molecule has 0 amide bonds. The third-order valence-electron chi connectivity index (χ3n) is 6.05. The molecule has 0 heterocycles. The van der Waals surface area contributed by atoms with Crippen molar-refractivity contribution in [3.63, 3.8) is 0 Å². The second kappa shape index (κ2) is 6.86. The van der Waals surface area contributed by atoms with Gasteiger partial charge in [0.05, 0.1) is 0 Å². The van der Waals surface area contributed by atoms with E-state index >= 15 is 0 Å². The maximum atomic E-state index is 2.38. The lowest BCUT2D eigenvalue weighted by Gasteiger charge is -2.14. The highest BCUT2D eigenvalue weighted by Crippen LogP contribution is 2.39. The lowest BCUT2D eigenvalue weighted by atomic mass is 9.89. The summed E-state index contributed by atoms with van der Waals surface area (Å²) in [6.07, 6.45) is 0. The zero-order valence-electron chi connectivity index (χ0n) is 16.5. The van der Waals surface area contributed by atoms with Gasteiger partial charge in [0.25, 0.3) is 0 Å². The van der Waals surface area contributed by atoms with Gasteiger partial charge in [-0.25, -0.2) is 0 Å². The molecule has 0 aliphatic rings. The molecular weight excluding hydrogens is 360 g/mol. The molecule has 0 N–H and O–H groups in total. The van der Waals surface area contributed by atoms with Crippen molar-refractivity contribution >= 4 is 32.3 Å². The Hall–Kier alpha value is -3.90. The van der Waals surface area contributed by atoms with E-state index in [1.807, 2.05) is 0 Å². The highest BCUT2D eigenvalue weighted by molar-refractivity contribution is 6.21. The number of hydrogen-bond acceptors (Lipinski definition) is 0. The molecule has 0 fully saturated rings. The summed E-state index contributed by atoms with van der Waals surface area (Å²) in [6.45, 7) is 0. The standard InChI is InChI=1S/C30H20/c1-3-9-21(10-4-1)24-16-18-26-27-17-15-23-13-7-8-14-25(23)30(27)20-28(29(26)19-24)22-11-5-2-6-12-22/h1-20H. The Morgan fingerprint density at radius 1 is 0.300 bits per heavy atom. The quantitative estimate of drug-likeness (QED) is 0.264. The first-order chi connectivity index (χ1) is 14.9. The van der Waals surface area contributed by atoms with Crippen LogP contribution in [-0.2, 0) is 0 Å². The lowest BCUT2D eigenvalue weighted by molar-refractivity contribution is 1.64. The second-order valence-corrected chi connectivity index (χ2v) is 7.80. The average Bonchev–Trinajstić information content (AvgIpc) is 2.84. The molecule has 0 heteroatoms. The minimum absolute atomic E-state index is 1.25. The predicted molar refractivity (Wildman–Crippen MR) is 130 cm³/mol. The van der Waals surface area contributed by atoms with E-state index in [0.29, 0.717) is 0 Å². The van der Waals surface area contributed by atoms with E-state index in [4.69, 9.17) is 0 Å². The molecule has 0 radical (unpaired) electrons. The summed E-state index contributed by atoms with van der Waals surface area (Å²) in [5.74, 6) is 0. The van der Waals surface area contributed by atoms with Gasteiger partial charge in [0.2, 0.25) is 0 Å². The highest BCUT2D eigenvalue weighted by Gasteiger charge is 2.12. The van der Waals surface area contributed by atoms with E-state index in [1.165, 1.54) is 54.6 Å². The van der Waals surface area contributed by atoms with Crippen LogP contribution in [0.5, 0.6) is 0 Å². The van der Waals surface area contributed by atoms with Gasteiger partial charge in [-0.05, 0) is 66.7 Å². The molecule has 0 bridgehead atoms. The van der Waals surface area contributed by atoms with Crippen molar-refractivity contribution in [2.45, 2.75) is 0 Å². The van der Waals surface area contributed by atoms with Crippen LogP contribution >= 0.6 is 0 Å². The van der Waals surface area contributed by atoms with E-state index in [0.717, 1.165) is 0 Å². The maximum Gasteiger partial charge on any atom is -0.00928 e. The van der Waals surface area contributed by atoms with E-state index in [2.05, 4.69) is 121 Å². The predicted octanol–water partition coefficient (Wildman–Crippen LogP) is 8.48. The summed E-state index contributed by atoms with van der Waals surface area (Å²) >= 11 is 0. The fourth-order valence-corrected chi connectivity index (χ4v) is 4.58. The van der Waals surface area contributed by atoms with Crippen molar-refractivity contribution in [2.24, 2.45) is 0 Å². The van der Waals surface area contributed by atoms with Gasteiger partial charge in [-0.1, -0.05) is 109 Å². The minimum atomic E-state index is 1.25. The number of rotatable bonds is 2. The van der Waals surface area contributed by atoms with Crippen LogP contribution in [0.4, 0.5) is 0 Å². The number of fused-ring (bicyclic) bond motifs is 5. The van der Waals surface area contributed by atoms with Crippen molar-refractivity contribution in [1.29, 1.82) is 0 Å². The minimum Gasteiger partial charge on any atom is -0.0622 e. The van der Waals surface area contributed by atoms with Gasteiger partial charge in [0.15, 0.2) is 0 Å². The van der Waals surface area contributed by atoms with E-state index < -0.39 is 0 Å². The Balaban J connectivity index is 1.76. The molecule has 0 atom stereocenters. The van der Waals surface area contributed by atoms with E-state index in [1.54, 1.807) is 0 Å². The van der Waals surface area contributed by atoms with Crippen molar-refractivity contribution < 1.29 is 0 Å². The van der Waals surface area contributed by atoms with Gasteiger partial charge < -0.3 is 0 Å². The Morgan fingerprint density at radius 2 is 0.933 bits per heavy atom. The lowest BCUT2D eigenvalue weighted by Crippen LogP contribution is -1.87. The third-order valence-corrected chi connectivity index (χ3v) is 6.05. The Morgan fingerprint density at radius 3 is 1.73 bits per heavy atom. The topological polar surface area (TPSA) is 0 Å². The van der Waals surface area contributed by atoms with Gasteiger partial charge >= 0.3 is 0 Å². The summed E-state index contributed by atoms with van der Waals surface area (Å²) in [5.41, 5.74) is 5.03. The average molecular weight is 380 g/mol. The summed E-state index contributed by atoms with van der Waals surface area (Å²) < 4.78 is 0. The first-order valence-corrected chi connectivity index (χ1v) is 10.4. The van der Waals surface area contributed by atoms with Crippen LogP contribution in [0.15, 0.2) is 121 Å². The first kappa shape index (κ1) is 17.0. The SMILES string of the molecule is c1ccc(-c2ccc3c(c2)c(-c2ccccc2)cc2c4ccccc4ccc32)cc1. The smallest absolute Gasteiger partial charge is 0.00928 e. The Bertz CT molecular complexity index is 1510. The van der Waals surface area contributed by atoms with Crippen LogP contribution < -0.4 is 0 Å². The van der Waals surface area contributed by atoms with E-state index in [-0.39, 0.29) is 0 Å². The summed E-state index contributed by atoms with van der Waals surface area (Å²) in [4.78, 5) is 0. The van der Waals surface area contributed by atoms with Crippen molar-refractivity contribution in [3.8, 4) is 22.3 Å². The molecule has 0 aromatic heterocycles. The third kappa shape index (κ3) is 2.69. The molecule has 0 unspecified atom stereocenters. The van der Waals surface area contributed by atoms with Crippen LogP contribution in [0.3, 0.4) is 0 Å². The van der Waals surface area contributed by atoms with Gasteiger partial charge in [-0.3, -0.25) is 0 Å². The van der Waals surface area contributed by atoms with Gasteiger partial charge in [-0.15, -0.1) is 0 Å². The molecule has 0 aliphatic heterocycles. The van der Waals surface area contributed by atoms with Crippen molar-refractivity contribution in [3.05, 3.63) is 121 Å². The normalized spacial score (nSPS) is 11.3. The van der Waals surface area contributed by atoms with Crippen LogP contribution in [0.1, 0.15) is 0 Å². The van der Waals surface area contributed by atoms with Crippen LogP contribution in [-0.4, -0.2) is 0 Å². The molecule has 6 rings (SSSR count). The molecule has 140 valence electrons. The van der Waals surface area contributed by atoms with Gasteiger partial charge in [0.1, 0.15) is 0 Å². The molecule has 0 aliphatic carbocycles. The highest BCUT2D eigenvalue weighted by atomic mass is 14.2. The maximum absolute atomic E-state index is 2.38. The second-order valence-electron chi connectivity index (χ2n) is 7.80. The molecule has 0 saturated carbocycles. The molecule has 6 aromatic rings. The molecule has 0 spiro atoms. The molecule has 0 saturated heterocycles. The largest absolute Gasteiger partial charge is 0.0622 e. The number of benzene rings is 6. The van der Waals surface area contributed by atoms with E-state index in [9.17, 15) is 0 Å². The summed E-state index contributed by atoms with van der Waals surface area (Å²) in [5, 5.41) is 7.81. The molecule has 0 nitrogen and oxygen atoms in total. The molecule has 6 aromatic carbocycles. The van der Waals surface area contributed by atoms with Crippen LogP contribution in [0, 0.1) is 0 Å². The molecular formula is C30H20. The zero-order valence-corrected chi connectivity index (χ0v) is 16.5. The summed E-state index contributed by atoms with van der Waals surface area (Å²) in [6, 6.07) is 43.8. The first-order valence-electron chi connectivity index (χ1n) is 10.4. The van der Waals surface area contributed by atoms with Crippen LogP contribution in [0.2, 0.25) is 0 Å². The number of hydrogen-bond donors (Lipinski definition) is 0. The van der Waals surface area contributed by atoms with Gasteiger partial charge in [-0.2, -0.15) is 0 Å². The van der Waals surface area contributed by atoms with Gasteiger partial charge in [0, 0.05) is 0 Å². The van der Waals surface area contributed by atoms with Crippen molar-refractivity contribution in [2.75, 3.05) is 0 Å². The monoisotopic (exact) mass is 380 g/mol.